The normalized spacial score (nSPS) is 10.1. The maximum absolute atomic E-state index is 12.0. The maximum Gasteiger partial charge on any atom is 0.269 e. The molecule has 0 radical (unpaired) electrons. The van der Waals surface area contributed by atoms with Crippen molar-refractivity contribution in [1.82, 2.24) is 4.90 Å². The van der Waals surface area contributed by atoms with Crippen LogP contribution in [-0.2, 0) is 9.59 Å². The van der Waals surface area contributed by atoms with Crippen molar-refractivity contribution in [3.63, 3.8) is 0 Å². The number of carbonyl (C=O) groups excluding carboxylic acids is 2. The fourth-order valence-corrected chi connectivity index (χ4v) is 2.31. The molecule has 0 aromatic heterocycles. The number of nitrogens with zero attached hydrogens (tertiary/aromatic N) is 2. The lowest BCUT2D eigenvalue weighted by molar-refractivity contribution is -0.384. The fraction of sp³-hybridized carbons (Fsp3) is 0.300. The zero-order valence-corrected chi connectivity index (χ0v) is 16.4. The highest BCUT2D eigenvalue weighted by Gasteiger charge is 2.07. The zero-order chi connectivity index (χ0) is 21.2. The Balaban J connectivity index is 1.68. The Morgan fingerprint density at radius 2 is 1.66 bits per heavy atom. The molecule has 9 heteroatoms. The minimum absolute atomic E-state index is 0.0376. The fourth-order valence-electron chi connectivity index (χ4n) is 2.31. The highest BCUT2D eigenvalue weighted by molar-refractivity contribution is 5.90. The summed E-state index contributed by atoms with van der Waals surface area (Å²) in [4.78, 5) is 35.1. The molecule has 2 amide bonds. The van der Waals surface area contributed by atoms with E-state index in [1.807, 2.05) is 0 Å². The highest BCUT2D eigenvalue weighted by Crippen LogP contribution is 2.17. The summed E-state index contributed by atoms with van der Waals surface area (Å²) in [5.74, 6) is 0.294. The van der Waals surface area contributed by atoms with Gasteiger partial charge in [-0.15, -0.1) is 0 Å². The van der Waals surface area contributed by atoms with Gasteiger partial charge in [-0.25, -0.2) is 0 Å². The molecule has 2 aromatic rings. The van der Waals surface area contributed by atoms with E-state index in [-0.39, 0.29) is 24.1 Å². The van der Waals surface area contributed by atoms with Crippen LogP contribution in [0.15, 0.2) is 48.5 Å². The van der Waals surface area contributed by atoms with Crippen molar-refractivity contribution in [3.05, 3.63) is 58.6 Å². The first kappa shape index (κ1) is 21.7. The number of benzene rings is 2. The van der Waals surface area contributed by atoms with E-state index in [1.165, 1.54) is 17.0 Å². The minimum Gasteiger partial charge on any atom is -0.484 e. The van der Waals surface area contributed by atoms with E-state index in [4.69, 9.17) is 4.74 Å². The average Bonchev–Trinajstić information content (AvgIpc) is 2.70. The Hall–Kier alpha value is -3.62. The number of hydrogen-bond acceptors (Lipinski definition) is 6. The van der Waals surface area contributed by atoms with Gasteiger partial charge in [-0.1, -0.05) is 0 Å². The van der Waals surface area contributed by atoms with E-state index in [1.54, 1.807) is 50.5 Å². The summed E-state index contributed by atoms with van der Waals surface area (Å²) in [5.41, 5.74) is 1.44. The molecule has 0 aliphatic carbocycles. The first-order valence-electron chi connectivity index (χ1n) is 9.06. The van der Waals surface area contributed by atoms with Crippen LogP contribution in [0, 0.1) is 10.1 Å². The van der Waals surface area contributed by atoms with Gasteiger partial charge in [0.05, 0.1) is 4.92 Å². The number of nitro groups is 1. The number of nitrogens with one attached hydrogen (secondary N) is 2. The third kappa shape index (κ3) is 7.49. The molecule has 0 atom stereocenters. The van der Waals surface area contributed by atoms with Gasteiger partial charge in [0.25, 0.3) is 11.6 Å². The summed E-state index contributed by atoms with van der Waals surface area (Å²) in [5, 5.41) is 16.5. The van der Waals surface area contributed by atoms with Crippen molar-refractivity contribution < 1.29 is 19.2 Å². The zero-order valence-electron chi connectivity index (χ0n) is 16.4. The minimum atomic E-state index is -0.448. The molecule has 2 aromatic carbocycles. The number of non-ortho nitro benzene ring substituents is 1. The average molecular weight is 400 g/mol. The van der Waals surface area contributed by atoms with Crippen LogP contribution in [0.5, 0.6) is 5.75 Å². The third-order valence-corrected chi connectivity index (χ3v) is 3.99. The first-order valence-corrected chi connectivity index (χ1v) is 9.06. The molecule has 0 saturated carbocycles. The van der Waals surface area contributed by atoms with Crippen LogP contribution in [0.2, 0.25) is 0 Å². The van der Waals surface area contributed by atoms with E-state index in [0.717, 1.165) is 5.69 Å². The van der Waals surface area contributed by atoms with Crippen molar-refractivity contribution in [3.8, 4) is 5.75 Å². The highest BCUT2D eigenvalue weighted by atomic mass is 16.6. The molecule has 2 N–H and O–H groups in total. The van der Waals surface area contributed by atoms with E-state index < -0.39 is 4.92 Å². The second-order valence-corrected chi connectivity index (χ2v) is 6.48. The molecule has 0 saturated heterocycles. The van der Waals surface area contributed by atoms with Crippen LogP contribution in [0.1, 0.15) is 12.8 Å². The van der Waals surface area contributed by atoms with Gasteiger partial charge in [-0.05, 0) is 42.8 Å². The van der Waals surface area contributed by atoms with E-state index in [0.29, 0.717) is 30.8 Å². The first-order chi connectivity index (χ1) is 13.8. The summed E-state index contributed by atoms with van der Waals surface area (Å²) in [6.45, 7) is 0.526. The van der Waals surface area contributed by atoms with Gasteiger partial charge in [0.1, 0.15) is 5.75 Å². The van der Waals surface area contributed by atoms with Gasteiger partial charge in [0.15, 0.2) is 6.61 Å². The second-order valence-electron chi connectivity index (χ2n) is 6.48. The summed E-state index contributed by atoms with van der Waals surface area (Å²) < 4.78 is 5.38. The SMILES string of the molecule is CN(C)C(=O)COc1ccc(NC(=O)CCCNc2ccc([N+](=O)[O-])cc2)cc1. The maximum atomic E-state index is 12.0. The van der Waals surface area contributed by atoms with Crippen molar-refractivity contribution >= 4 is 28.9 Å². The molecule has 154 valence electrons. The summed E-state index contributed by atoms with van der Waals surface area (Å²) in [6, 6.07) is 12.9. The molecule has 0 fully saturated rings. The summed E-state index contributed by atoms with van der Waals surface area (Å²) >= 11 is 0. The lowest BCUT2D eigenvalue weighted by Gasteiger charge is -2.12. The molecule has 9 nitrogen and oxygen atoms in total. The standard InChI is InChI=1S/C20H24N4O5/c1-23(2)20(26)14-29-18-11-7-16(8-12-18)22-19(25)4-3-13-21-15-5-9-17(10-6-15)24(27)28/h5-12,21H,3-4,13-14H2,1-2H3,(H,22,25). The number of carbonyl (C=O) groups is 2. The van der Waals surface area contributed by atoms with E-state index >= 15 is 0 Å². The van der Waals surface area contributed by atoms with Crippen molar-refractivity contribution in [2.75, 3.05) is 37.9 Å². The largest absolute Gasteiger partial charge is 0.484 e. The Kier molecular flexibility index (Phi) is 7.96. The van der Waals surface area contributed by atoms with E-state index in [2.05, 4.69) is 10.6 Å². The second kappa shape index (κ2) is 10.6. The number of hydrogen-bond donors (Lipinski definition) is 2. The molecule has 0 aliphatic rings. The number of nitro benzene ring substituents is 1. The Morgan fingerprint density at radius 3 is 2.24 bits per heavy atom. The molecule has 0 unspecified atom stereocenters. The molecule has 0 heterocycles. The predicted molar refractivity (Wildman–Crippen MR) is 110 cm³/mol. The molecule has 0 spiro atoms. The molecule has 0 bridgehead atoms. The Morgan fingerprint density at radius 1 is 1.03 bits per heavy atom. The van der Waals surface area contributed by atoms with Crippen LogP contribution in [0.25, 0.3) is 0 Å². The molecule has 29 heavy (non-hydrogen) atoms. The number of likely N-dealkylation sites (N-methyl/N-ethyl adjacent to an activating group) is 1. The van der Waals surface area contributed by atoms with Gasteiger partial charge < -0.3 is 20.3 Å². The number of anilines is 2. The van der Waals surface area contributed by atoms with Crippen LogP contribution in [0.3, 0.4) is 0 Å². The van der Waals surface area contributed by atoms with Crippen LogP contribution < -0.4 is 15.4 Å². The van der Waals surface area contributed by atoms with Crippen LogP contribution in [-0.4, -0.2) is 48.9 Å². The number of rotatable bonds is 10. The van der Waals surface area contributed by atoms with Gasteiger partial charge >= 0.3 is 0 Å². The number of ether oxygens (including phenoxy) is 1. The number of amides is 2. The smallest absolute Gasteiger partial charge is 0.269 e. The van der Waals surface area contributed by atoms with E-state index in [9.17, 15) is 19.7 Å². The predicted octanol–water partition coefficient (Wildman–Crippen LogP) is 2.89. The lowest BCUT2D eigenvalue weighted by atomic mass is 10.2. The van der Waals surface area contributed by atoms with Crippen molar-refractivity contribution in [2.24, 2.45) is 0 Å². The Bertz CT molecular complexity index is 835. The van der Waals surface area contributed by atoms with Crippen LogP contribution >= 0.6 is 0 Å². The lowest BCUT2D eigenvalue weighted by Crippen LogP contribution is -2.27. The van der Waals surface area contributed by atoms with Gasteiger partial charge in [-0.3, -0.25) is 19.7 Å². The summed E-state index contributed by atoms with van der Waals surface area (Å²) in [6.07, 6.45) is 0.937. The monoisotopic (exact) mass is 400 g/mol. The Labute approximate surface area is 168 Å². The molecular formula is C20H24N4O5. The molecule has 2 rings (SSSR count). The van der Waals surface area contributed by atoms with Crippen molar-refractivity contribution in [1.29, 1.82) is 0 Å². The topological polar surface area (TPSA) is 114 Å². The molecule has 0 aliphatic heterocycles. The van der Waals surface area contributed by atoms with Crippen molar-refractivity contribution in [2.45, 2.75) is 12.8 Å². The summed E-state index contributed by atoms with van der Waals surface area (Å²) in [7, 11) is 3.32. The molecular weight excluding hydrogens is 376 g/mol. The van der Waals surface area contributed by atoms with Crippen LogP contribution in [0.4, 0.5) is 17.1 Å². The quantitative estimate of drug-likeness (QED) is 0.360. The van der Waals surface area contributed by atoms with Gasteiger partial charge in [0.2, 0.25) is 5.91 Å². The van der Waals surface area contributed by atoms with Gasteiger partial charge in [-0.2, -0.15) is 0 Å². The third-order valence-electron chi connectivity index (χ3n) is 3.99. The van der Waals surface area contributed by atoms with Gasteiger partial charge in [0, 0.05) is 50.6 Å².